The maximum atomic E-state index is 4.57. The highest BCUT2D eigenvalue weighted by atomic mass is 15.3. The molecule has 0 N–H and O–H groups in total. The molecular weight excluding hydrogens is 160 g/mol. The van der Waals surface area contributed by atoms with Crippen LogP contribution in [0.15, 0.2) is 6.07 Å². The van der Waals surface area contributed by atoms with Crippen molar-refractivity contribution in [1.29, 1.82) is 0 Å². The summed E-state index contributed by atoms with van der Waals surface area (Å²) >= 11 is 0. The van der Waals surface area contributed by atoms with E-state index in [-0.39, 0.29) is 0 Å². The average molecular weight is 180 g/mol. The predicted molar refractivity (Wildman–Crippen MR) is 56.1 cm³/mol. The zero-order valence-electron chi connectivity index (χ0n) is 9.33. The first-order valence-electron chi connectivity index (χ1n) is 5.13. The fourth-order valence-corrected chi connectivity index (χ4v) is 1.45. The lowest BCUT2D eigenvalue weighted by atomic mass is 10.1. The van der Waals surface area contributed by atoms with E-state index in [4.69, 9.17) is 0 Å². The van der Waals surface area contributed by atoms with Gasteiger partial charge in [0.15, 0.2) is 0 Å². The maximum Gasteiger partial charge on any atom is 0.0652 e. The molecule has 0 spiro atoms. The largest absolute Gasteiger partial charge is 0.269 e. The van der Waals surface area contributed by atoms with Gasteiger partial charge in [-0.25, -0.2) is 0 Å². The van der Waals surface area contributed by atoms with Crippen molar-refractivity contribution in [1.82, 2.24) is 9.78 Å². The third-order valence-corrected chi connectivity index (χ3v) is 2.31. The van der Waals surface area contributed by atoms with E-state index < -0.39 is 0 Å². The van der Waals surface area contributed by atoms with Crippen molar-refractivity contribution in [2.45, 2.75) is 53.0 Å². The lowest BCUT2D eigenvalue weighted by molar-refractivity contribution is 0.587. The summed E-state index contributed by atoms with van der Waals surface area (Å²) in [5, 5.41) is 4.57. The molecule has 1 heterocycles. The van der Waals surface area contributed by atoms with Crippen molar-refractivity contribution in [3.8, 4) is 0 Å². The lowest BCUT2D eigenvalue weighted by Gasteiger charge is -2.06. The summed E-state index contributed by atoms with van der Waals surface area (Å²) in [5.74, 6) is 1.10. The molecule has 0 radical (unpaired) electrons. The van der Waals surface area contributed by atoms with E-state index in [0.29, 0.717) is 11.8 Å². The van der Waals surface area contributed by atoms with Crippen molar-refractivity contribution in [3.63, 3.8) is 0 Å². The fraction of sp³-hybridized carbons (Fsp3) is 0.727. The highest BCUT2D eigenvalue weighted by Crippen LogP contribution is 2.20. The SMILES string of the molecule is CCn1nc(C(C)C)cc1C(C)C. The standard InChI is InChI=1S/C11H20N2/c1-6-13-11(9(4)5)7-10(12-13)8(2)3/h7-9H,6H2,1-5H3. The molecule has 13 heavy (non-hydrogen) atoms. The van der Waals surface area contributed by atoms with Crippen molar-refractivity contribution < 1.29 is 0 Å². The molecule has 0 amide bonds. The van der Waals surface area contributed by atoms with E-state index >= 15 is 0 Å². The number of aryl methyl sites for hydroxylation is 1. The Hall–Kier alpha value is -0.790. The quantitative estimate of drug-likeness (QED) is 0.698. The van der Waals surface area contributed by atoms with Gasteiger partial charge in [0.2, 0.25) is 0 Å². The van der Waals surface area contributed by atoms with Crippen LogP contribution in [0.1, 0.15) is 57.8 Å². The van der Waals surface area contributed by atoms with Gasteiger partial charge in [0.05, 0.1) is 5.69 Å². The number of hydrogen-bond acceptors (Lipinski definition) is 1. The van der Waals surface area contributed by atoms with Gasteiger partial charge in [-0.3, -0.25) is 4.68 Å². The molecule has 0 aliphatic rings. The monoisotopic (exact) mass is 180 g/mol. The summed E-state index contributed by atoms with van der Waals surface area (Å²) in [7, 11) is 0. The summed E-state index contributed by atoms with van der Waals surface area (Å²) < 4.78 is 2.11. The third-order valence-electron chi connectivity index (χ3n) is 2.31. The summed E-state index contributed by atoms with van der Waals surface area (Å²) in [6.07, 6.45) is 0. The Morgan fingerprint density at radius 1 is 1.23 bits per heavy atom. The minimum atomic E-state index is 0.533. The molecule has 0 unspecified atom stereocenters. The second-order valence-corrected chi connectivity index (χ2v) is 4.12. The predicted octanol–water partition coefficient (Wildman–Crippen LogP) is 3.15. The van der Waals surface area contributed by atoms with E-state index in [1.807, 2.05) is 0 Å². The fourth-order valence-electron chi connectivity index (χ4n) is 1.45. The molecule has 1 aromatic heterocycles. The van der Waals surface area contributed by atoms with Gasteiger partial charge in [-0.1, -0.05) is 27.7 Å². The Morgan fingerprint density at radius 2 is 1.85 bits per heavy atom. The van der Waals surface area contributed by atoms with Crippen molar-refractivity contribution in [3.05, 3.63) is 17.5 Å². The maximum absolute atomic E-state index is 4.57. The van der Waals surface area contributed by atoms with E-state index in [2.05, 4.69) is 50.5 Å². The zero-order chi connectivity index (χ0) is 10.0. The number of hydrogen-bond donors (Lipinski definition) is 0. The van der Waals surface area contributed by atoms with Crippen LogP contribution in [0, 0.1) is 0 Å². The van der Waals surface area contributed by atoms with E-state index in [9.17, 15) is 0 Å². The van der Waals surface area contributed by atoms with Gasteiger partial charge >= 0.3 is 0 Å². The number of rotatable bonds is 3. The molecule has 0 fully saturated rings. The van der Waals surface area contributed by atoms with Gasteiger partial charge in [0, 0.05) is 12.2 Å². The zero-order valence-corrected chi connectivity index (χ0v) is 9.33. The lowest BCUT2D eigenvalue weighted by Crippen LogP contribution is -2.04. The van der Waals surface area contributed by atoms with Crippen molar-refractivity contribution >= 4 is 0 Å². The van der Waals surface area contributed by atoms with E-state index in [1.54, 1.807) is 0 Å². The van der Waals surface area contributed by atoms with Crippen LogP contribution < -0.4 is 0 Å². The topological polar surface area (TPSA) is 17.8 Å². The smallest absolute Gasteiger partial charge is 0.0652 e. The molecule has 0 bridgehead atoms. The second kappa shape index (κ2) is 3.95. The minimum Gasteiger partial charge on any atom is -0.269 e. The van der Waals surface area contributed by atoms with Crippen LogP contribution in [0.5, 0.6) is 0 Å². The molecule has 1 rings (SSSR count). The van der Waals surface area contributed by atoms with Crippen LogP contribution in [0.3, 0.4) is 0 Å². The van der Waals surface area contributed by atoms with Crippen molar-refractivity contribution in [2.24, 2.45) is 0 Å². The minimum absolute atomic E-state index is 0.533. The molecule has 0 aliphatic heterocycles. The van der Waals surface area contributed by atoms with Crippen LogP contribution in [0.25, 0.3) is 0 Å². The first-order valence-corrected chi connectivity index (χ1v) is 5.13. The van der Waals surface area contributed by atoms with E-state index in [1.165, 1.54) is 11.4 Å². The van der Waals surface area contributed by atoms with Crippen LogP contribution >= 0.6 is 0 Å². The molecule has 0 aliphatic carbocycles. The van der Waals surface area contributed by atoms with Crippen molar-refractivity contribution in [2.75, 3.05) is 0 Å². The van der Waals surface area contributed by atoms with Crippen LogP contribution in [0.2, 0.25) is 0 Å². The van der Waals surface area contributed by atoms with Gasteiger partial charge in [-0.15, -0.1) is 0 Å². The summed E-state index contributed by atoms with van der Waals surface area (Å²) in [6.45, 7) is 11.9. The molecule has 0 saturated heterocycles. The molecule has 0 aromatic carbocycles. The first kappa shape index (κ1) is 10.3. The molecule has 0 atom stereocenters. The van der Waals surface area contributed by atoms with Gasteiger partial charge < -0.3 is 0 Å². The van der Waals surface area contributed by atoms with Gasteiger partial charge in [0.1, 0.15) is 0 Å². The van der Waals surface area contributed by atoms with Crippen LogP contribution in [-0.2, 0) is 6.54 Å². The van der Waals surface area contributed by atoms with Gasteiger partial charge in [-0.05, 0) is 24.8 Å². The average Bonchev–Trinajstić information content (AvgIpc) is 2.47. The molecule has 1 aromatic rings. The Kier molecular flexibility index (Phi) is 3.12. The highest BCUT2D eigenvalue weighted by molar-refractivity contribution is 5.16. The third kappa shape index (κ3) is 2.11. The Bertz CT molecular complexity index is 272. The van der Waals surface area contributed by atoms with E-state index in [0.717, 1.165) is 6.54 Å². The Morgan fingerprint density at radius 3 is 2.15 bits per heavy atom. The normalized spacial score (nSPS) is 11.6. The summed E-state index contributed by atoms with van der Waals surface area (Å²) in [5.41, 5.74) is 2.57. The molecule has 0 saturated carbocycles. The number of aromatic nitrogens is 2. The summed E-state index contributed by atoms with van der Waals surface area (Å²) in [6, 6.07) is 2.23. The van der Waals surface area contributed by atoms with Gasteiger partial charge in [0.25, 0.3) is 0 Å². The first-order chi connectivity index (χ1) is 6.06. The Labute approximate surface area is 81.0 Å². The molecule has 74 valence electrons. The molecular formula is C11H20N2. The molecule has 2 nitrogen and oxygen atoms in total. The highest BCUT2D eigenvalue weighted by Gasteiger charge is 2.11. The second-order valence-electron chi connectivity index (χ2n) is 4.12. The van der Waals surface area contributed by atoms with Crippen LogP contribution in [0.4, 0.5) is 0 Å². The van der Waals surface area contributed by atoms with Gasteiger partial charge in [-0.2, -0.15) is 5.10 Å². The molecule has 2 heteroatoms. The number of nitrogens with zero attached hydrogens (tertiary/aromatic N) is 2. The summed E-state index contributed by atoms with van der Waals surface area (Å²) in [4.78, 5) is 0. The Balaban J connectivity index is 3.04. The van der Waals surface area contributed by atoms with Crippen LogP contribution in [-0.4, -0.2) is 9.78 Å².